The molecule has 0 aliphatic carbocycles. The van der Waals surface area contributed by atoms with Crippen LogP contribution in [0.15, 0.2) is 53.1 Å². The lowest BCUT2D eigenvalue weighted by Crippen LogP contribution is -2.14. The van der Waals surface area contributed by atoms with Gasteiger partial charge >= 0.3 is 0 Å². The Morgan fingerprint density at radius 2 is 1.74 bits per heavy atom. The van der Waals surface area contributed by atoms with Crippen molar-refractivity contribution in [3.63, 3.8) is 0 Å². The highest BCUT2D eigenvalue weighted by Gasteiger charge is 2.18. The van der Waals surface area contributed by atoms with Gasteiger partial charge in [-0.25, -0.2) is 0 Å². The van der Waals surface area contributed by atoms with Gasteiger partial charge in [-0.2, -0.15) is 0 Å². The number of fused-ring (bicyclic) bond motifs is 1. The molecule has 2 N–H and O–H groups in total. The molecule has 1 heterocycles. The molecular formula is C17H17NO. The monoisotopic (exact) mass is 251 g/mol. The molecule has 2 heteroatoms. The van der Waals surface area contributed by atoms with E-state index in [1.165, 1.54) is 16.3 Å². The van der Waals surface area contributed by atoms with Gasteiger partial charge in [0.25, 0.3) is 0 Å². The third kappa shape index (κ3) is 1.94. The number of benzene rings is 2. The molecular weight excluding hydrogens is 234 g/mol. The molecule has 19 heavy (non-hydrogen) atoms. The minimum absolute atomic E-state index is 0.221. The lowest BCUT2D eigenvalue weighted by Gasteiger charge is -2.16. The minimum Gasteiger partial charge on any atom is -0.467 e. The van der Waals surface area contributed by atoms with Crippen molar-refractivity contribution in [3.05, 3.63) is 71.2 Å². The Labute approximate surface area is 112 Å². The Balaban J connectivity index is 2.24. The Morgan fingerprint density at radius 1 is 0.947 bits per heavy atom. The third-order valence-corrected chi connectivity index (χ3v) is 3.68. The van der Waals surface area contributed by atoms with Crippen LogP contribution in [0.25, 0.3) is 10.8 Å². The number of furan rings is 1. The SMILES string of the molecule is Cc1ccoc1C(N)c1c(C)ccc2ccccc12. The third-order valence-electron chi connectivity index (χ3n) is 3.68. The molecule has 0 radical (unpaired) electrons. The zero-order valence-electron chi connectivity index (χ0n) is 11.2. The topological polar surface area (TPSA) is 39.2 Å². The van der Waals surface area contributed by atoms with Crippen molar-refractivity contribution in [1.82, 2.24) is 0 Å². The van der Waals surface area contributed by atoms with Gasteiger partial charge in [-0.05, 0) is 47.4 Å². The zero-order valence-corrected chi connectivity index (χ0v) is 11.2. The standard InChI is InChI=1S/C17H17NO/c1-11-7-8-13-5-3-4-6-14(13)15(11)16(18)17-12(2)9-10-19-17/h3-10,16H,18H2,1-2H3. The number of hydrogen-bond donors (Lipinski definition) is 1. The Kier molecular flexibility index (Phi) is 2.88. The van der Waals surface area contributed by atoms with Gasteiger partial charge in [0.15, 0.2) is 0 Å². The molecule has 0 spiro atoms. The molecule has 0 bridgehead atoms. The van der Waals surface area contributed by atoms with E-state index in [2.05, 4.69) is 31.2 Å². The van der Waals surface area contributed by atoms with Crippen LogP contribution in [0.4, 0.5) is 0 Å². The molecule has 96 valence electrons. The van der Waals surface area contributed by atoms with E-state index < -0.39 is 0 Å². The first kappa shape index (κ1) is 12.0. The van der Waals surface area contributed by atoms with Gasteiger partial charge in [-0.15, -0.1) is 0 Å². The Hall–Kier alpha value is -2.06. The van der Waals surface area contributed by atoms with Crippen molar-refractivity contribution in [1.29, 1.82) is 0 Å². The van der Waals surface area contributed by atoms with Crippen LogP contribution in [0.3, 0.4) is 0 Å². The summed E-state index contributed by atoms with van der Waals surface area (Å²) < 4.78 is 5.56. The molecule has 1 unspecified atom stereocenters. The molecule has 3 aromatic rings. The predicted octanol–water partition coefficient (Wildman–Crippen LogP) is 4.10. The van der Waals surface area contributed by atoms with Gasteiger partial charge in [0.05, 0.1) is 12.3 Å². The number of nitrogens with two attached hydrogens (primary N) is 1. The molecule has 0 aliphatic rings. The summed E-state index contributed by atoms with van der Waals surface area (Å²) in [5.41, 5.74) is 9.88. The van der Waals surface area contributed by atoms with Crippen LogP contribution >= 0.6 is 0 Å². The van der Waals surface area contributed by atoms with Crippen molar-refractivity contribution in [3.8, 4) is 0 Å². The quantitative estimate of drug-likeness (QED) is 0.744. The normalized spacial score (nSPS) is 12.8. The van der Waals surface area contributed by atoms with Crippen LogP contribution in [-0.4, -0.2) is 0 Å². The fraction of sp³-hybridized carbons (Fsp3) is 0.176. The summed E-state index contributed by atoms with van der Waals surface area (Å²) >= 11 is 0. The van der Waals surface area contributed by atoms with E-state index in [1.807, 2.05) is 25.1 Å². The Morgan fingerprint density at radius 3 is 2.47 bits per heavy atom. The van der Waals surface area contributed by atoms with Crippen molar-refractivity contribution in [2.75, 3.05) is 0 Å². The molecule has 3 rings (SSSR count). The van der Waals surface area contributed by atoms with E-state index >= 15 is 0 Å². The second-order valence-corrected chi connectivity index (χ2v) is 4.96. The maximum Gasteiger partial charge on any atom is 0.127 e. The van der Waals surface area contributed by atoms with Gasteiger partial charge in [0, 0.05) is 0 Å². The second kappa shape index (κ2) is 4.56. The van der Waals surface area contributed by atoms with Gasteiger partial charge in [0.1, 0.15) is 5.76 Å². The molecule has 1 atom stereocenters. The summed E-state index contributed by atoms with van der Waals surface area (Å²) in [5, 5.41) is 2.41. The summed E-state index contributed by atoms with van der Waals surface area (Å²) in [6, 6.07) is 14.3. The van der Waals surface area contributed by atoms with E-state index in [9.17, 15) is 0 Å². The fourth-order valence-corrected chi connectivity index (χ4v) is 2.65. The minimum atomic E-state index is -0.221. The van der Waals surface area contributed by atoms with Crippen LogP contribution in [0.5, 0.6) is 0 Å². The maximum atomic E-state index is 6.43. The van der Waals surface area contributed by atoms with E-state index in [0.717, 1.165) is 16.9 Å². The van der Waals surface area contributed by atoms with Crippen LogP contribution in [0.2, 0.25) is 0 Å². The van der Waals surface area contributed by atoms with Crippen LogP contribution in [0, 0.1) is 13.8 Å². The average Bonchev–Trinajstić information content (AvgIpc) is 2.84. The maximum absolute atomic E-state index is 6.43. The summed E-state index contributed by atoms with van der Waals surface area (Å²) in [7, 11) is 0. The van der Waals surface area contributed by atoms with Crippen molar-refractivity contribution < 1.29 is 4.42 Å². The molecule has 2 nitrogen and oxygen atoms in total. The first-order valence-corrected chi connectivity index (χ1v) is 6.46. The van der Waals surface area contributed by atoms with Crippen molar-refractivity contribution >= 4 is 10.8 Å². The van der Waals surface area contributed by atoms with Gasteiger partial charge < -0.3 is 10.2 Å². The molecule has 0 fully saturated rings. The second-order valence-electron chi connectivity index (χ2n) is 4.96. The zero-order chi connectivity index (χ0) is 13.4. The van der Waals surface area contributed by atoms with Crippen LogP contribution in [-0.2, 0) is 0 Å². The lowest BCUT2D eigenvalue weighted by atomic mass is 9.92. The van der Waals surface area contributed by atoms with E-state index in [0.29, 0.717) is 0 Å². The largest absolute Gasteiger partial charge is 0.467 e. The van der Waals surface area contributed by atoms with Gasteiger partial charge in [-0.1, -0.05) is 36.4 Å². The fourth-order valence-electron chi connectivity index (χ4n) is 2.65. The smallest absolute Gasteiger partial charge is 0.127 e. The first-order chi connectivity index (χ1) is 9.18. The number of hydrogen-bond acceptors (Lipinski definition) is 2. The molecule has 0 amide bonds. The summed E-state index contributed by atoms with van der Waals surface area (Å²) in [4.78, 5) is 0. The highest BCUT2D eigenvalue weighted by Crippen LogP contribution is 2.31. The highest BCUT2D eigenvalue weighted by atomic mass is 16.3. The number of aryl methyl sites for hydroxylation is 2. The van der Waals surface area contributed by atoms with E-state index in [4.69, 9.17) is 10.2 Å². The highest BCUT2D eigenvalue weighted by molar-refractivity contribution is 5.87. The lowest BCUT2D eigenvalue weighted by molar-refractivity contribution is 0.487. The van der Waals surface area contributed by atoms with Crippen LogP contribution < -0.4 is 5.73 Å². The molecule has 2 aromatic carbocycles. The molecule has 1 aromatic heterocycles. The van der Waals surface area contributed by atoms with Gasteiger partial charge in [-0.3, -0.25) is 0 Å². The van der Waals surface area contributed by atoms with Crippen LogP contribution in [0.1, 0.15) is 28.5 Å². The molecule has 0 saturated heterocycles. The molecule has 0 aliphatic heterocycles. The van der Waals surface area contributed by atoms with Crippen molar-refractivity contribution in [2.45, 2.75) is 19.9 Å². The summed E-state index contributed by atoms with van der Waals surface area (Å²) in [6.45, 7) is 4.12. The Bertz CT molecular complexity index is 727. The summed E-state index contributed by atoms with van der Waals surface area (Å²) in [5.74, 6) is 0.847. The van der Waals surface area contributed by atoms with Crippen molar-refractivity contribution in [2.24, 2.45) is 5.73 Å². The first-order valence-electron chi connectivity index (χ1n) is 6.46. The predicted molar refractivity (Wildman–Crippen MR) is 78.2 cm³/mol. The van der Waals surface area contributed by atoms with Gasteiger partial charge in [0.2, 0.25) is 0 Å². The average molecular weight is 251 g/mol. The summed E-state index contributed by atoms with van der Waals surface area (Å²) in [6.07, 6.45) is 1.70. The number of rotatable bonds is 2. The molecule has 0 saturated carbocycles. The van der Waals surface area contributed by atoms with E-state index in [1.54, 1.807) is 6.26 Å². The van der Waals surface area contributed by atoms with E-state index in [-0.39, 0.29) is 6.04 Å².